The molecule has 1 aliphatic rings. The number of hydrogen-bond acceptors (Lipinski definition) is 4. The number of likely N-dealkylation sites (tertiary alicyclic amines) is 1. The van der Waals surface area contributed by atoms with Gasteiger partial charge >= 0.3 is 0 Å². The van der Waals surface area contributed by atoms with Crippen LogP contribution in [0.5, 0.6) is 0 Å². The Hall–Kier alpha value is -0.750. The number of H-pyrrole nitrogens is 1. The van der Waals surface area contributed by atoms with Crippen LogP contribution < -0.4 is 0 Å². The fourth-order valence-electron chi connectivity index (χ4n) is 1.77. The van der Waals surface area contributed by atoms with Gasteiger partial charge in [-0.1, -0.05) is 10.3 Å². The molecule has 1 atom stereocenters. The standard InChI is InChI=1S/C7H13N5S/c1-11-3-2-6(4-11)5-12-7(13)8-9-10-12/h6H,2-5H2,1H3,(H,8,10,13)/t6-/m0/s1. The van der Waals surface area contributed by atoms with Crippen molar-refractivity contribution in [3.8, 4) is 0 Å². The van der Waals surface area contributed by atoms with Crippen LogP contribution in [0.1, 0.15) is 6.42 Å². The molecule has 0 amide bonds. The van der Waals surface area contributed by atoms with Gasteiger partial charge < -0.3 is 4.90 Å². The van der Waals surface area contributed by atoms with Crippen LogP contribution in [-0.2, 0) is 6.54 Å². The molecular formula is C7H13N5S. The molecule has 0 unspecified atom stereocenters. The van der Waals surface area contributed by atoms with Gasteiger partial charge in [0, 0.05) is 13.1 Å². The van der Waals surface area contributed by atoms with Crippen LogP contribution in [0.3, 0.4) is 0 Å². The van der Waals surface area contributed by atoms with E-state index in [9.17, 15) is 0 Å². The Morgan fingerprint density at radius 1 is 1.69 bits per heavy atom. The first kappa shape index (κ1) is 8.83. The molecule has 72 valence electrons. The molecule has 1 saturated heterocycles. The van der Waals surface area contributed by atoms with Gasteiger partial charge in [-0.3, -0.25) is 0 Å². The van der Waals surface area contributed by atoms with Gasteiger partial charge in [-0.05, 0) is 38.1 Å². The minimum absolute atomic E-state index is 0.551. The van der Waals surface area contributed by atoms with E-state index in [1.807, 2.05) is 4.68 Å². The number of nitrogens with one attached hydrogen (secondary N) is 1. The Balaban J connectivity index is 1.99. The van der Waals surface area contributed by atoms with Crippen molar-refractivity contribution in [1.29, 1.82) is 0 Å². The first-order valence-corrected chi connectivity index (χ1v) is 4.83. The van der Waals surface area contributed by atoms with Crippen molar-refractivity contribution in [1.82, 2.24) is 25.1 Å². The highest BCUT2D eigenvalue weighted by atomic mass is 32.1. The summed E-state index contributed by atoms with van der Waals surface area (Å²) in [6.45, 7) is 3.23. The van der Waals surface area contributed by atoms with Crippen molar-refractivity contribution in [3.63, 3.8) is 0 Å². The third kappa shape index (κ3) is 1.94. The Kier molecular flexibility index (Phi) is 2.41. The molecule has 2 rings (SSSR count). The van der Waals surface area contributed by atoms with Gasteiger partial charge in [0.25, 0.3) is 0 Å². The van der Waals surface area contributed by atoms with Gasteiger partial charge in [-0.2, -0.15) is 5.21 Å². The lowest BCUT2D eigenvalue weighted by molar-refractivity contribution is 0.366. The van der Waals surface area contributed by atoms with E-state index in [0.717, 1.165) is 13.1 Å². The highest BCUT2D eigenvalue weighted by molar-refractivity contribution is 7.71. The van der Waals surface area contributed by atoms with Gasteiger partial charge in [0.1, 0.15) is 0 Å². The minimum Gasteiger partial charge on any atom is -0.306 e. The molecular weight excluding hydrogens is 186 g/mol. The summed E-state index contributed by atoms with van der Waals surface area (Å²) in [6, 6.07) is 0. The molecule has 1 aromatic heterocycles. The summed E-state index contributed by atoms with van der Waals surface area (Å²) in [4.78, 5) is 2.33. The maximum absolute atomic E-state index is 4.99. The minimum atomic E-state index is 0.551. The molecule has 1 aliphatic heterocycles. The second kappa shape index (κ2) is 3.55. The van der Waals surface area contributed by atoms with Crippen LogP contribution >= 0.6 is 12.2 Å². The average molecular weight is 199 g/mol. The first-order valence-electron chi connectivity index (χ1n) is 4.42. The molecule has 0 spiro atoms. The van der Waals surface area contributed by atoms with E-state index in [4.69, 9.17) is 12.2 Å². The van der Waals surface area contributed by atoms with E-state index < -0.39 is 0 Å². The number of tetrazole rings is 1. The molecule has 1 fully saturated rings. The molecule has 0 aliphatic carbocycles. The summed E-state index contributed by atoms with van der Waals surface area (Å²) in [5, 5.41) is 10.2. The summed E-state index contributed by atoms with van der Waals surface area (Å²) in [6.07, 6.45) is 1.23. The second-order valence-electron chi connectivity index (χ2n) is 3.61. The van der Waals surface area contributed by atoms with E-state index in [2.05, 4.69) is 27.5 Å². The summed E-state index contributed by atoms with van der Waals surface area (Å²) in [5.74, 6) is 0.680. The van der Waals surface area contributed by atoms with E-state index in [0.29, 0.717) is 10.7 Å². The van der Waals surface area contributed by atoms with Crippen molar-refractivity contribution in [3.05, 3.63) is 4.77 Å². The number of rotatable bonds is 2. The zero-order valence-electron chi connectivity index (χ0n) is 7.60. The zero-order chi connectivity index (χ0) is 9.26. The molecule has 1 N–H and O–H groups in total. The first-order chi connectivity index (χ1) is 6.25. The molecule has 2 heterocycles. The summed E-state index contributed by atoms with van der Waals surface area (Å²) in [7, 11) is 2.14. The summed E-state index contributed by atoms with van der Waals surface area (Å²) < 4.78 is 2.38. The molecule has 6 heteroatoms. The fourth-order valence-corrected chi connectivity index (χ4v) is 1.92. The number of nitrogens with zero attached hydrogens (tertiary/aromatic N) is 4. The van der Waals surface area contributed by atoms with Crippen molar-refractivity contribution < 1.29 is 0 Å². The van der Waals surface area contributed by atoms with E-state index >= 15 is 0 Å². The molecule has 5 nitrogen and oxygen atoms in total. The lowest BCUT2D eigenvalue weighted by Crippen LogP contribution is -2.17. The average Bonchev–Trinajstić information content (AvgIpc) is 2.64. The van der Waals surface area contributed by atoms with Gasteiger partial charge in [0.15, 0.2) is 0 Å². The monoisotopic (exact) mass is 199 g/mol. The van der Waals surface area contributed by atoms with Crippen molar-refractivity contribution >= 4 is 12.2 Å². The Morgan fingerprint density at radius 3 is 3.08 bits per heavy atom. The van der Waals surface area contributed by atoms with E-state index in [1.54, 1.807) is 0 Å². The van der Waals surface area contributed by atoms with Crippen LogP contribution in [-0.4, -0.2) is 45.2 Å². The SMILES string of the molecule is CN1CC[C@H](Cn2[nH]nnc2=S)C1. The molecule has 0 saturated carbocycles. The topological polar surface area (TPSA) is 49.7 Å². The molecule has 0 aromatic carbocycles. The van der Waals surface area contributed by atoms with Crippen molar-refractivity contribution in [2.75, 3.05) is 20.1 Å². The summed E-state index contributed by atoms with van der Waals surface area (Å²) >= 11 is 4.99. The lowest BCUT2D eigenvalue weighted by atomic mass is 10.1. The smallest absolute Gasteiger partial charge is 0.238 e. The number of hydrogen-bond donors (Lipinski definition) is 1. The lowest BCUT2D eigenvalue weighted by Gasteiger charge is -2.09. The normalized spacial score (nSPS) is 23.9. The predicted molar refractivity (Wildman–Crippen MR) is 50.8 cm³/mol. The molecule has 0 radical (unpaired) electrons. The fraction of sp³-hybridized carbons (Fsp3) is 0.857. The van der Waals surface area contributed by atoms with Crippen molar-refractivity contribution in [2.24, 2.45) is 5.92 Å². The maximum atomic E-state index is 4.99. The van der Waals surface area contributed by atoms with Crippen LogP contribution in [0.2, 0.25) is 0 Å². The molecule has 13 heavy (non-hydrogen) atoms. The number of aromatic amines is 1. The third-order valence-corrected chi connectivity index (χ3v) is 2.76. The zero-order valence-corrected chi connectivity index (χ0v) is 8.42. The van der Waals surface area contributed by atoms with E-state index in [1.165, 1.54) is 13.0 Å². The second-order valence-corrected chi connectivity index (χ2v) is 3.98. The molecule has 0 bridgehead atoms. The largest absolute Gasteiger partial charge is 0.306 e. The Morgan fingerprint density at radius 2 is 2.54 bits per heavy atom. The predicted octanol–water partition coefficient (Wildman–Crippen LogP) is 0.287. The van der Waals surface area contributed by atoms with Crippen LogP contribution in [0.15, 0.2) is 0 Å². The van der Waals surface area contributed by atoms with Gasteiger partial charge in [-0.15, -0.1) is 0 Å². The van der Waals surface area contributed by atoms with Gasteiger partial charge in [0.05, 0.1) is 0 Å². The highest BCUT2D eigenvalue weighted by Gasteiger charge is 2.20. The van der Waals surface area contributed by atoms with Crippen molar-refractivity contribution in [2.45, 2.75) is 13.0 Å². The van der Waals surface area contributed by atoms with Crippen LogP contribution in [0, 0.1) is 10.7 Å². The number of aromatic nitrogens is 4. The van der Waals surface area contributed by atoms with Gasteiger partial charge in [0.2, 0.25) is 4.77 Å². The van der Waals surface area contributed by atoms with Crippen LogP contribution in [0.25, 0.3) is 0 Å². The third-order valence-electron chi connectivity index (χ3n) is 2.46. The molecule has 1 aromatic rings. The Labute approximate surface area is 81.7 Å². The summed E-state index contributed by atoms with van der Waals surface area (Å²) in [5.41, 5.74) is 0. The quantitative estimate of drug-likeness (QED) is 0.695. The van der Waals surface area contributed by atoms with Crippen LogP contribution in [0.4, 0.5) is 0 Å². The highest BCUT2D eigenvalue weighted by Crippen LogP contribution is 2.15. The Bertz CT molecular complexity index is 330. The van der Waals surface area contributed by atoms with Gasteiger partial charge in [-0.25, -0.2) is 4.68 Å². The maximum Gasteiger partial charge on any atom is 0.238 e. The van der Waals surface area contributed by atoms with E-state index in [-0.39, 0.29) is 0 Å².